The van der Waals surface area contributed by atoms with Gasteiger partial charge in [-0.3, -0.25) is 9.48 Å². The predicted molar refractivity (Wildman–Crippen MR) is 106 cm³/mol. The number of amides is 1. The first-order valence-electron chi connectivity index (χ1n) is 8.90. The fourth-order valence-corrected chi connectivity index (χ4v) is 2.80. The summed E-state index contributed by atoms with van der Waals surface area (Å²) < 4.78 is 20.7. The van der Waals surface area contributed by atoms with Crippen LogP contribution in [0.25, 0.3) is 22.9 Å². The number of nitrogens with two attached hydrogens (primary N) is 2. The van der Waals surface area contributed by atoms with E-state index in [0.29, 0.717) is 22.6 Å². The highest BCUT2D eigenvalue weighted by atomic mass is 19.1. The number of nitrogens with zero attached hydrogens (tertiary/aromatic N) is 5. The van der Waals surface area contributed by atoms with Gasteiger partial charge < -0.3 is 21.3 Å². The normalized spacial score (nSPS) is 10.9. The van der Waals surface area contributed by atoms with Gasteiger partial charge in [0.25, 0.3) is 0 Å². The fraction of sp³-hybridized carbons (Fsp3) is 0.105. The van der Waals surface area contributed by atoms with E-state index in [9.17, 15) is 9.18 Å². The molecule has 30 heavy (non-hydrogen) atoms. The summed E-state index contributed by atoms with van der Waals surface area (Å²) in [7, 11) is 0. The Bertz CT molecular complexity index is 1190. The Morgan fingerprint density at radius 1 is 1.23 bits per heavy atom. The van der Waals surface area contributed by atoms with Crippen molar-refractivity contribution >= 4 is 17.4 Å². The third-order valence-corrected chi connectivity index (χ3v) is 4.26. The lowest BCUT2D eigenvalue weighted by Gasteiger charge is -2.07. The maximum absolute atomic E-state index is 14.2. The second kappa shape index (κ2) is 8.09. The Morgan fingerprint density at radius 2 is 2.07 bits per heavy atom. The molecule has 0 saturated heterocycles. The molecule has 4 aromatic rings. The highest BCUT2D eigenvalue weighted by molar-refractivity contribution is 5.94. The van der Waals surface area contributed by atoms with E-state index >= 15 is 0 Å². The summed E-state index contributed by atoms with van der Waals surface area (Å²) in [6.45, 7) is -0.0301. The van der Waals surface area contributed by atoms with Crippen molar-refractivity contribution in [3.05, 3.63) is 60.2 Å². The van der Waals surface area contributed by atoms with E-state index in [1.54, 1.807) is 35.0 Å². The monoisotopic (exact) mass is 408 g/mol. The fourth-order valence-electron chi connectivity index (χ4n) is 2.80. The van der Waals surface area contributed by atoms with Gasteiger partial charge in [0.1, 0.15) is 29.2 Å². The lowest BCUT2D eigenvalue weighted by Crippen LogP contribution is -2.22. The number of halogens is 1. The SMILES string of the molecule is NCC(=O)Nc1cnc(-c2cc(-c3ccon3)n(Cc3ccccc3F)n2)nc1N. The van der Waals surface area contributed by atoms with Crippen LogP contribution in [-0.4, -0.2) is 37.4 Å². The predicted octanol–water partition coefficient (Wildman–Crippen LogP) is 1.66. The number of carbonyl (C=O) groups is 1. The highest BCUT2D eigenvalue weighted by Crippen LogP contribution is 2.26. The molecule has 11 heteroatoms. The summed E-state index contributed by atoms with van der Waals surface area (Å²) >= 11 is 0. The van der Waals surface area contributed by atoms with Crippen LogP contribution in [0.15, 0.2) is 53.4 Å². The molecule has 1 amide bonds. The minimum Gasteiger partial charge on any atom is -0.382 e. The number of anilines is 2. The molecule has 3 aromatic heterocycles. The van der Waals surface area contributed by atoms with Crippen molar-refractivity contribution in [1.29, 1.82) is 0 Å². The molecule has 0 radical (unpaired) electrons. The van der Waals surface area contributed by atoms with Gasteiger partial charge in [-0.1, -0.05) is 23.4 Å². The van der Waals surface area contributed by atoms with Crippen molar-refractivity contribution in [3.8, 4) is 22.9 Å². The van der Waals surface area contributed by atoms with Crippen molar-refractivity contribution in [2.75, 3.05) is 17.6 Å². The van der Waals surface area contributed by atoms with Crippen LogP contribution >= 0.6 is 0 Å². The molecule has 0 bridgehead atoms. The standard InChI is InChI=1S/C19H17FN8O2/c20-12-4-2-1-3-11(12)10-28-16(13-5-6-30-27-13)7-14(26-28)19-23-9-15(18(22)25-19)24-17(29)8-21/h1-7,9H,8,10,21H2,(H,24,29)(H2,22,23,25). The average molecular weight is 408 g/mol. The number of nitrogens with one attached hydrogen (secondary N) is 1. The number of nitrogen functional groups attached to an aromatic ring is 1. The quantitative estimate of drug-likeness (QED) is 0.436. The summed E-state index contributed by atoms with van der Waals surface area (Å²) in [6, 6.07) is 9.79. The second-order valence-electron chi connectivity index (χ2n) is 6.29. The number of carbonyl (C=O) groups excluding carboxylic acids is 1. The molecule has 0 spiro atoms. The Hall–Kier alpha value is -4.12. The van der Waals surface area contributed by atoms with E-state index in [1.165, 1.54) is 18.5 Å². The van der Waals surface area contributed by atoms with Crippen LogP contribution in [0, 0.1) is 5.82 Å². The highest BCUT2D eigenvalue weighted by Gasteiger charge is 2.18. The van der Waals surface area contributed by atoms with Gasteiger partial charge in [-0.2, -0.15) is 5.10 Å². The molecule has 0 atom stereocenters. The molecule has 0 unspecified atom stereocenters. The topological polar surface area (TPSA) is 151 Å². The largest absolute Gasteiger partial charge is 0.382 e. The van der Waals surface area contributed by atoms with Gasteiger partial charge in [-0.25, -0.2) is 14.4 Å². The molecular formula is C19H17FN8O2. The first-order valence-corrected chi connectivity index (χ1v) is 8.90. The summed E-state index contributed by atoms with van der Waals surface area (Å²) in [5, 5.41) is 11.0. The third-order valence-electron chi connectivity index (χ3n) is 4.26. The van der Waals surface area contributed by atoms with Gasteiger partial charge in [-0.15, -0.1) is 0 Å². The molecule has 0 aliphatic rings. The van der Waals surface area contributed by atoms with Gasteiger partial charge in [-0.05, 0) is 12.1 Å². The molecule has 152 valence electrons. The van der Waals surface area contributed by atoms with Crippen LogP contribution in [0.1, 0.15) is 5.56 Å². The minimum absolute atomic E-state index is 0.0634. The molecule has 0 fully saturated rings. The van der Waals surface area contributed by atoms with E-state index in [2.05, 4.69) is 25.5 Å². The molecule has 0 aliphatic carbocycles. The summed E-state index contributed by atoms with van der Waals surface area (Å²) in [5.74, 6) is -0.467. The zero-order valence-electron chi connectivity index (χ0n) is 15.6. The van der Waals surface area contributed by atoms with E-state index < -0.39 is 5.91 Å². The summed E-state index contributed by atoms with van der Waals surface area (Å²) in [6.07, 6.45) is 2.80. The summed E-state index contributed by atoms with van der Waals surface area (Å²) in [4.78, 5) is 19.9. The number of aromatic nitrogens is 5. The van der Waals surface area contributed by atoms with Crippen molar-refractivity contribution in [1.82, 2.24) is 24.9 Å². The lowest BCUT2D eigenvalue weighted by atomic mass is 10.2. The zero-order chi connectivity index (χ0) is 21.1. The molecule has 5 N–H and O–H groups in total. The lowest BCUT2D eigenvalue weighted by molar-refractivity contribution is -0.114. The molecule has 1 aromatic carbocycles. The Kier molecular flexibility index (Phi) is 5.18. The first kappa shape index (κ1) is 19.2. The van der Waals surface area contributed by atoms with Gasteiger partial charge in [0, 0.05) is 11.6 Å². The van der Waals surface area contributed by atoms with E-state index in [1.807, 2.05) is 0 Å². The maximum atomic E-state index is 14.2. The van der Waals surface area contributed by atoms with E-state index in [0.717, 1.165) is 0 Å². The van der Waals surface area contributed by atoms with E-state index in [4.69, 9.17) is 16.0 Å². The van der Waals surface area contributed by atoms with Crippen molar-refractivity contribution in [2.45, 2.75) is 6.54 Å². The van der Waals surface area contributed by atoms with Crippen molar-refractivity contribution in [3.63, 3.8) is 0 Å². The minimum atomic E-state index is -0.416. The number of hydrogen-bond donors (Lipinski definition) is 3. The molecule has 0 aliphatic heterocycles. The van der Waals surface area contributed by atoms with Crippen LogP contribution in [0.5, 0.6) is 0 Å². The Morgan fingerprint density at radius 3 is 2.77 bits per heavy atom. The number of benzene rings is 1. The number of rotatable bonds is 6. The molecule has 0 saturated carbocycles. The van der Waals surface area contributed by atoms with Gasteiger partial charge in [0.2, 0.25) is 5.91 Å². The van der Waals surface area contributed by atoms with Crippen LogP contribution in [-0.2, 0) is 11.3 Å². The van der Waals surface area contributed by atoms with Crippen molar-refractivity contribution < 1.29 is 13.7 Å². The Labute approximate surface area is 169 Å². The van der Waals surface area contributed by atoms with Crippen LogP contribution in [0.3, 0.4) is 0 Å². The number of hydrogen-bond acceptors (Lipinski definition) is 8. The molecule has 10 nitrogen and oxygen atoms in total. The van der Waals surface area contributed by atoms with Gasteiger partial charge in [0.15, 0.2) is 11.6 Å². The van der Waals surface area contributed by atoms with Crippen LogP contribution in [0.4, 0.5) is 15.9 Å². The zero-order valence-corrected chi connectivity index (χ0v) is 15.6. The molecular weight excluding hydrogens is 391 g/mol. The molecule has 3 heterocycles. The smallest absolute Gasteiger partial charge is 0.238 e. The third kappa shape index (κ3) is 3.86. The van der Waals surface area contributed by atoms with Gasteiger partial charge in [0.05, 0.1) is 25.0 Å². The summed E-state index contributed by atoms with van der Waals surface area (Å²) in [5.41, 5.74) is 13.4. The molecule has 4 rings (SSSR count). The maximum Gasteiger partial charge on any atom is 0.238 e. The van der Waals surface area contributed by atoms with Crippen molar-refractivity contribution in [2.24, 2.45) is 5.73 Å². The van der Waals surface area contributed by atoms with E-state index in [-0.39, 0.29) is 36.2 Å². The second-order valence-corrected chi connectivity index (χ2v) is 6.29. The van der Waals surface area contributed by atoms with Crippen LogP contribution in [0.2, 0.25) is 0 Å². The van der Waals surface area contributed by atoms with Gasteiger partial charge >= 0.3 is 0 Å². The Balaban J connectivity index is 1.72. The van der Waals surface area contributed by atoms with Crippen LogP contribution < -0.4 is 16.8 Å². The first-order chi connectivity index (χ1) is 14.5. The average Bonchev–Trinajstić information content (AvgIpc) is 3.41.